The molecule has 1 aliphatic heterocycles. The predicted octanol–water partition coefficient (Wildman–Crippen LogP) is 2.78. The van der Waals surface area contributed by atoms with Crippen molar-refractivity contribution in [2.45, 2.75) is 30.2 Å². The number of nitrogens with zero attached hydrogens (tertiary/aromatic N) is 2. The molecular formula is C26H31ClN6O5S. The number of carbonyl (C=O) groups excluding carboxylic acids is 1. The molecule has 3 aromatic rings. The maximum Gasteiger partial charge on any atom is 0.269 e. The Morgan fingerprint density at radius 2 is 1.87 bits per heavy atom. The summed E-state index contributed by atoms with van der Waals surface area (Å²) in [5.74, 6) is -0.513. The molecule has 13 heteroatoms. The summed E-state index contributed by atoms with van der Waals surface area (Å²) in [6.45, 7) is 1.49. The molecular weight excluding hydrogens is 544 g/mol. The van der Waals surface area contributed by atoms with Crippen LogP contribution in [0.5, 0.6) is 0 Å². The highest BCUT2D eigenvalue weighted by atomic mass is 35.5. The normalized spacial score (nSPS) is 16.2. The number of fused-ring (bicyclic) bond motifs is 1. The van der Waals surface area contributed by atoms with E-state index in [1.54, 1.807) is 29.2 Å². The summed E-state index contributed by atoms with van der Waals surface area (Å²) in [5.41, 5.74) is 5.91. The van der Waals surface area contributed by atoms with Crippen molar-refractivity contribution < 1.29 is 18.1 Å². The summed E-state index contributed by atoms with van der Waals surface area (Å²) < 4.78 is 29.2. The van der Waals surface area contributed by atoms with Gasteiger partial charge in [-0.05, 0) is 53.6 Å². The van der Waals surface area contributed by atoms with Crippen LogP contribution in [0.3, 0.4) is 0 Å². The van der Waals surface area contributed by atoms with Gasteiger partial charge in [-0.15, -0.1) is 12.4 Å². The molecule has 0 bridgehead atoms. The van der Waals surface area contributed by atoms with E-state index in [1.807, 2.05) is 18.2 Å². The molecule has 0 aliphatic carbocycles. The third-order valence-electron chi connectivity index (χ3n) is 6.63. The van der Waals surface area contributed by atoms with Gasteiger partial charge in [0.25, 0.3) is 5.69 Å². The Morgan fingerprint density at radius 1 is 1.13 bits per heavy atom. The zero-order chi connectivity index (χ0) is 27.3. The van der Waals surface area contributed by atoms with Crippen molar-refractivity contribution in [1.29, 1.82) is 5.41 Å². The molecule has 3 aromatic carbocycles. The van der Waals surface area contributed by atoms with Gasteiger partial charge < -0.3 is 16.0 Å². The zero-order valence-electron chi connectivity index (χ0n) is 21.1. The number of piperidine rings is 1. The Kier molecular flexibility index (Phi) is 9.84. The molecule has 1 saturated heterocycles. The number of guanidine groups is 1. The van der Waals surface area contributed by atoms with Gasteiger partial charge in [-0.2, -0.15) is 4.72 Å². The van der Waals surface area contributed by atoms with E-state index in [0.29, 0.717) is 18.7 Å². The lowest BCUT2D eigenvalue weighted by Gasteiger charge is -2.33. The molecule has 11 nitrogen and oxygen atoms in total. The second-order valence-electron chi connectivity index (χ2n) is 9.40. The van der Waals surface area contributed by atoms with Crippen molar-refractivity contribution in [2.75, 3.05) is 19.6 Å². The molecule has 0 radical (unpaired) electrons. The Balaban J connectivity index is 0.00000420. The zero-order valence-corrected chi connectivity index (χ0v) is 22.7. The lowest BCUT2D eigenvalue weighted by atomic mass is 9.98. The number of hydrogen-bond acceptors (Lipinski definition) is 6. The number of non-ortho nitro benzene ring substituents is 1. The number of likely N-dealkylation sites (tertiary alicyclic amines) is 1. The standard InChI is InChI=1S/C26H30N6O5S.ClH/c27-26(28)31-12-4-6-19(17-31)16-29-25(33)24(14-18-5-3-9-22(13-18)32(34)35)30-38(36,37)23-11-10-20-7-1-2-8-21(20)15-23;/h1-3,5,7-11,13,15,19,24,30H,4,6,12,14,16-17H2,(H3,27,28)(H,29,33);1H/t19-,24?;/m0./s1. The van der Waals surface area contributed by atoms with Crippen LogP contribution in [0.4, 0.5) is 5.69 Å². The minimum atomic E-state index is -4.10. The summed E-state index contributed by atoms with van der Waals surface area (Å²) in [6.07, 6.45) is 1.58. The Labute approximate surface area is 232 Å². The molecule has 0 aromatic heterocycles. The minimum absolute atomic E-state index is 0. The highest BCUT2D eigenvalue weighted by molar-refractivity contribution is 7.89. The second kappa shape index (κ2) is 12.9. The average molecular weight is 575 g/mol. The molecule has 39 heavy (non-hydrogen) atoms. The van der Waals surface area contributed by atoms with E-state index in [1.165, 1.54) is 24.3 Å². The molecule has 5 N–H and O–H groups in total. The Morgan fingerprint density at radius 3 is 2.59 bits per heavy atom. The fraction of sp³-hybridized carbons (Fsp3) is 0.308. The highest BCUT2D eigenvalue weighted by Gasteiger charge is 2.28. The first kappa shape index (κ1) is 29.8. The Bertz CT molecular complexity index is 1470. The molecule has 1 amide bonds. The number of nitro groups is 1. The van der Waals surface area contributed by atoms with E-state index in [9.17, 15) is 23.3 Å². The van der Waals surface area contributed by atoms with E-state index in [4.69, 9.17) is 11.1 Å². The third kappa shape index (κ3) is 7.65. The number of hydrogen-bond donors (Lipinski definition) is 4. The van der Waals surface area contributed by atoms with Crippen LogP contribution < -0.4 is 15.8 Å². The van der Waals surface area contributed by atoms with Crippen LogP contribution in [0.15, 0.2) is 71.6 Å². The monoisotopic (exact) mass is 574 g/mol. The van der Waals surface area contributed by atoms with E-state index < -0.39 is 26.9 Å². The lowest BCUT2D eigenvalue weighted by Crippen LogP contribution is -2.51. The van der Waals surface area contributed by atoms with Crippen molar-refractivity contribution in [3.8, 4) is 0 Å². The van der Waals surface area contributed by atoms with Crippen molar-refractivity contribution in [2.24, 2.45) is 11.7 Å². The molecule has 0 spiro atoms. The molecule has 1 fully saturated rings. The van der Waals surface area contributed by atoms with Crippen molar-refractivity contribution >= 4 is 50.8 Å². The topological polar surface area (TPSA) is 172 Å². The molecule has 0 saturated carbocycles. The highest BCUT2D eigenvalue weighted by Crippen LogP contribution is 2.21. The number of rotatable bonds is 9. The van der Waals surface area contributed by atoms with E-state index in [2.05, 4.69) is 10.0 Å². The van der Waals surface area contributed by atoms with Crippen LogP contribution in [0.25, 0.3) is 10.8 Å². The van der Waals surface area contributed by atoms with Crippen LogP contribution >= 0.6 is 12.4 Å². The number of nitrogens with two attached hydrogens (primary N) is 1. The lowest BCUT2D eigenvalue weighted by molar-refractivity contribution is -0.384. The largest absolute Gasteiger partial charge is 0.370 e. The van der Waals surface area contributed by atoms with Gasteiger partial charge in [-0.1, -0.05) is 42.5 Å². The first-order valence-electron chi connectivity index (χ1n) is 12.2. The van der Waals surface area contributed by atoms with Gasteiger partial charge in [0.05, 0.1) is 9.82 Å². The van der Waals surface area contributed by atoms with Crippen LogP contribution in [0, 0.1) is 21.4 Å². The number of benzene rings is 3. The number of halogens is 1. The average Bonchev–Trinajstić information content (AvgIpc) is 2.91. The van der Waals surface area contributed by atoms with Gasteiger partial charge in [0, 0.05) is 31.8 Å². The summed E-state index contributed by atoms with van der Waals surface area (Å²) in [4.78, 5) is 25.7. The molecule has 4 rings (SSSR count). The van der Waals surface area contributed by atoms with Gasteiger partial charge in [0.1, 0.15) is 6.04 Å². The molecule has 1 heterocycles. The first-order chi connectivity index (χ1) is 18.1. The van der Waals surface area contributed by atoms with Gasteiger partial charge in [-0.25, -0.2) is 8.42 Å². The smallest absolute Gasteiger partial charge is 0.269 e. The minimum Gasteiger partial charge on any atom is -0.370 e. The van der Waals surface area contributed by atoms with Crippen LogP contribution in [0.2, 0.25) is 0 Å². The first-order valence-corrected chi connectivity index (χ1v) is 13.7. The summed E-state index contributed by atoms with van der Waals surface area (Å²) >= 11 is 0. The van der Waals surface area contributed by atoms with Crippen molar-refractivity contribution in [1.82, 2.24) is 14.9 Å². The van der Waals surface area contributed by atoms with Crippen LogP contribution in [-0.4, -0.2) is 55.8 Å². The maximum atomic E-state index is 13.3. The summed E-state index contributed by atoms with van der Waals surface area (Å²) in [7, 11) is -4.10. The third-order valence-corrected chi connectivity index (χ3v) is 8.10. The van der Waals surface area contributed by atoms with Crippen molar-refractivity contribution in [3.63, 3.8) is 0 Å². The quantitative estimate of drug-likeness (QED) is 0.132. The number of nitrogens with one attached hydrogen (secondary N) is 3. The number of amides is 1. The fourth-order valence-electron chi connectivity index (χ4n) is 4.63. The number of carbonyl (C=O) groups is 1. The predicted molar refractivity (Wildman–Crippen MR) is 151 cm³/mol. The van der Waals surface area contributed by atoms with Gasteiger partial charge >= 0.3 is 0 Å². The van der Waals surface area contributed by atoms with Gasteiger partial charge in [-0.3, -0.25) is 20.3 Å². The van der Waals surface area contributed by atoms with Gasteiger partial charge in [0.2, 0.25) is 15.9 Å². The molecule has 1 unspecified atom stereocenters. The number of nitro benzene ring substituents is 1. The summed E-state index contributed by atoms with van der Waals surface area (Å²) in [5, 5.41) is 23.3. The van der Waals surface area contributed by atoms with Crippen molar-refractivity contribution in [3.05, 3.63) is 82.4 Å². The van der Waals surface area contributed by atoms with E-state index in [0.717, 1.165) is 23.6 Å². The van der Waals surface area contributed by atoms with E-state index in [-0.39, 0.29) is 47.8 Å². The maximum absolute atomic E-state index is 13.3. The van der Waals surface area contributed by atoms with Crippen LogP contribution in [-0.2, 0) is 21.2 Å². The van der Waals surface area contributed by atoms with Gasteiger partial charge in [0.15, 0.2) is 5.96 Å². The van der Waals surface area contributed by atoms with E-state index >= 15 is 0 Å². The SMILES string of the molecule is Cl.N=C(N)N1CCC[C@@H](CNC(=O)C(Cc2cccc([N+](=O)[O-])c2)NS(=O)(=O)c2ccc3ccccc3c2)C1. The summed E-state index contributed by atoms with van der Waals surface area (Å²) in [6, 6.07) is 16.6. The van der Waals surface area contributed by atoms with Crippen LogP contribution in [0.1, 0.15) is 18.4 Å². The fourth-order valence-corrected chi connectivity index (χ4v) is 5.86. The molecule has 2 atom stereocenters. The Hall–Kier alpha value is -3.74. The number of sulfonamides is 1. The second-order valence-corrected chi connectivity index (χ2v) is 11.1. The molecule has 1 aliphatic rings. The molecule has 208 valence electrons.